The topological polar surface area (TPSA) is 90.0 Å². The molecule has 0 aromatic heterocycles. The molecule has 18 heavy (non-hydrogen) atoms. The van der Waals surface area contributed by atoms with Crippen LogP contribution in [0.25, 0.3) is 0 Å². The summed E-state index contributed by atoms with van der Waals surface area (Å²) in [6.07, 6.45) is 0.0330. The van der Waals surface area contributed by atoms with Gasteiger partial charge in [0.15, 0.2) is 0 Å². The summed E-state index contributed by atoms with van der Waals surface area (Å²) < 4.78 is 0. The van der Waals surface area contributed by atoms with E-state index in [0.717, 1.165) is 4.90 Å². The van der Waals surface area contributed by atoms with Crippen molar-refractivity contribution >= 4 is 17.8 Å². The molecule has 2 heterocycles. The minimum Gasteiger partial charge on any atom is -0.391 e. The van der Waals surface area contributed by atoms with E-state index in [1.165, 1.54) is 4.90 Å². The highest BCUT2D eigenvalue weighted by Crippen LogP contribution is 2.17. The largest absolute Gasteiger partial charge is 0.391 e. The van der Waals surface area contributed by atoms with Crippen molar-refractivity contribution in [1.29, 1.82) is 0 Å². The van der Waals surface area contributed by atoms with Gasteiger partial charge in [0.05, 0.1) is 6.10 Å². The first-order valence-electron chi connectivity index (χ1n) is 5.91. The Labute approximate surface area is 105 Å². The van der Waals surface area contributed by atoms with Crippen molar-refractivity contribution in [2.75, 3.05) is 19.6 Å². The van der Waals surface area contributed by atoms with E-state index in [2.05, 4.69) is 5.32 Å². The van der Waals surface area contributed by atoms with Crippen LogP contribution in [0, 0.1) is 0 Å². The molecule has 0 saturated carbocycles. The molecule has 7 heteroatoms. The van der Waals surface area contributed by atoms with E-state index in [9.17, 15) is 19.5 Å². The lowest BCUT2D eigenvalue weighted by atomic mass is 10.1. The monoisotopic (exact) mass is 255 g/mol. The highest BCUT2D eigenvalue weighted by atomic mass is 16.3. The van der Waals surface area contributed by atoms with Gasteiger partial charge in [-0.1, -0.05) is 0 Å². The Morgan fingerprint density at radius 3 is 2.61 bits per heavy atom. The maximum atomic E-state index is 11.9. The molecule has 1 atom stereocenters. The van der Waals surface area contributed by atoms with Crippen LogP contribution in [-0.4, -0.2) is 64.0 Å². The van der Waals surface area contributed by atoms with E-state index >= 15 is 0 Å². The summed E-state index contributed by atoms with van der Waals surface area (Å²) in [5.41, 5.74) is -0.956. The number of carbonyl (C=O) groups is 3. The number of β-amino-alcohol motifs (C(OH)–C–C–N with tert-alkyl or cyclic N) is 1. The second kappa shape index (κ2) is 4.24. The number of carbonyl (C=O) groups excluding carboxylic acids is 3. The van der Waals surface area contributed by atoms with E-state index in [-0.39, 0.29) is 19.0 Å². The standard InChI is InChI=1S/C11H17N3O4/c1-11(2)9(17)14(10(18)12-11)6-8(16)13-4-3-7(15)5-13/h7,15H,3-6H2,1-2H3,(H,12,18). The Hall–Kier alpha value is -1.63. The summed E-state index contributed by atoms with van der Waals surface area (Å²) in [5, 5.41) is 11.9. The van der Waals surface area contributed by atoms with Crippen LogP contribution in [0.4, 0.5) is 4.79 Å². The predicted molar refractivity (Wildman–Crippen MR) is 61.5 cm³/mol. The van der Waals surface area contributed by atoms with E-state index < -0.39 is 23.6 Å². The van der Waals surface area contributed by atoms with Crippen molar-refractivity contribution < 1.29 is 19.5 Å². The number of imide groups is 1. The number of hydrogen-bond donors (Lipinski definition) is 2. The summed E-state index contributed by atoms with van der Waals surface area (Å²) >= 11 is 0. The van der Waals surface area contributed by atoms with Crippen molar-refractivity contribution in [3.8, 4) is 0 Å². The fourth-order valence-electron chi connectivity index (χ4n) is 2.17. The molecule has 2 saturated heterocycles. The normalized spacial score (nSPS) is 26.7. The fourth-order valence-corrected chi connectivity index (χ4v) is 2.17. The van der Waals surface area contributed by atoms with Gasteiger partial charge in [-0.2, -0.15) is 0 Å². The minimum absolute atomic E-state index is 0.263. The molecule has 0 aliphatic carbocycles. The number of amides is 4. The molecule has 0 radical (unpaired) electrons. The summed E-state index contributed by atoms with van der Waals surface area (Å²) in [4.78, 5) is 37.7. The zero-order valence-corrected chi connectivity index (χ0v) is 10.5. The molecule has 0 bridgehead atoms. The molecule has 4 amide bonds. The van der Waals surface area contributed by atoms with Crippen LogP contribution in [0.2, 0.25) is 0 Å². The molecule has 2 aliphatic rings. The first-order valence-corrected chi connectivity index (χ1v) is 5.91. The summed E-state index contributed by atoms with van der Waals surface area (Å²) in [6, 6.07) is -0.543. The average molecular weight is 255 g/mol. The zero-order valence-electron chi connectivity index (χ0n) is 10.5. The molecule has 2 aliphatic heterocycles. The second-order valence-electron chi connectivity index (χ2n) is 5.23. The van der Waals surface area contributed by atoms with Crippen molar-refractivity contribution in [2.45, 2.75) is 31.9 Å². The number of rotatable bonds is 2. The van der Waals surface area contributed by atoms with Crippen LogP contribution in [0.5, 0.6) is 0 Å². The van der Waals surface area contributed by atoms with Crippen LogP contribution in [0.15, 0.2) is 0 Å². The van der Waals surface area contributed by atoms with Crippen LogP contribution in [0.1, 0.15) is 20.3 Å². The fraction of sp³-hybridized carbons (Fsp3) is 0.727. The van der Waals surface area contributed by atoms with Gasteiger partial charge in [0.1, 0.15) is 12.1 Å². The predicted octanol–water partition coefficient (Wildman–Crippen LogP) is -1.09. The zero-order chi connectivity index (χ0) is 13.5. The summed E-state index contributed by atoms with van der Waals surface area (Å²) in [6.45, 7) is 3.66. The lowest BCUT2D eigenvalue weighted by molar-refractivity contribution is -0.138. The van der Waals surface area contributed by atoms with Crippen LogP contribution in [-0.2, 0) is 9.59 Å². The lowest BCUT2D eigenvalue weighted by Gasteiger charge is -2.20. The highest BCUT2D eigenvalue weighted by Gasteiger charge is 2.45. The Balaban J connectivity index is 2.00. The molecule has 7 nitrogen and oxygen atoms in total. The van der Waals surface area contributed by atoms with E-state index in [4.69, 9.17) is 0 Å². The first-order chi connectivity index (χ1) is 8.31. The molecule has 100 valence electrons. The summed E-state index contributed by atoms with van der Waals surface area (Å²) in [7, 11) is 0. The van der Waals surface area contributed by atoms with Gasteiger partial charge >= 0.3 is 6.03 Å². The Bertz CT molecular complexity index is 407. The third-order valence-electron chi connectivity index (χ3n) is 3.25. The van der Waals surface area contributed by atoms with Crippen molar-refractivity contribution in [3.05, 3.63) is 0 Å². The molecule has 2 rings (SSSR count). The lowest BCUT2D eigenvalue weighted by Crippen LogP contribution is -2.44. The minimum atomic E-state index is -0.956. The molecule has 0 spiro atoms. The molecular weight excluding hydrogens is 238 g/mol. The Morgan fingerprint density at radius 1 is 1.50 bits per heavy atom. The quantitative estimate of drug-likeness (QED) is 0.613. The Morgan fingerprint density at radius 2 is 2.17 bits per heavy atom. The molecule has 2 fully saturated rings. The molecule has 0 aromatic carbocycles. The van der Waals surface area contributed by atoms with Crippen LogP contribution < -0.4 is 5.32 Å². The SMILES string of the molecule is CC1(C)NC(=O)N(CC(=O)N2CCC(O)C2)C1=O. The van der Waals surface area contributed by atoms with Crippen LogP contribution in [0.3, 0.4) is 0 Å². The molecular formula is C11H17N3O4. The smallest absolute Gasteiger partial charge is 0.325 e. The number of nitrogens with zero attached hydrogens (tertiary/aromatic N) is 2. The molecule has 2 N–H and O–H groups in total. The highest BCUT2D eigenvalue weighted by molar-refractivity contribution is 6.08. The number of hydrogen-bond acceptors (Lipinski definition) is 4. The van der Waals surface area contributed by atoms with Gasteiger partial charge < -0.3 is 15.3 Å². The average Bonchev–Trinajstić information content (AvgIpc) is 2.77. The van der Waals surface area contributed by atoms with Gasteiger partial charge in [0.2, 0.25) is 5.91 Å². The molecule has 0 aromatic rings. The van der Waals surface area contributed by atoms with Gasteiger partial charge in [0, 0.05) is 13.1 Å². The van der Waals surface area contributed by atoms with E-state index in [1.807, 2.05) is 0 Å². The number of likely N-dealkylation sites (tertiary alicyclic amines) is 1. The first kappa shape index (κ1) is 12.8. The third kappa shape index (κ3) is 2.17. The van der Waals surface area contributed by atoms with Gasteiger partial charge in [-0.25, -0.2) is 4.79 Å². The number of urea groups is 1. The number of nitrogens with one attached hydrogen (secondary N) is 1. The van der Waals surface area contributed by atoms with Crippen molar-refractivity contribution in [1.82, 2.24) is 15.1 Å². The number of aliphatic hydroxyl groups excluding tert-OH is 1. The van der Waals surface area contributed by atoms with Crippen LogP contribution >= 0.6 is 0 Å². The third-order valence-corrected chi connectivity index (χ3v) is 3.25. The van der Waals surface area contributed by atoms with Gasteiger partial charge in [-0.05, 0) is 20.3 Å². The van der Waals surface area contributed by atoms with Crippen molar-refractivity contribution in [2.24, 2.45) is 0 Å². The van der Waals surface area contributed by atoms with Crippen molar-refractivity contribution in [3.63, 3.8) is 0 Å². The van der Waals surface area contributed by atoms with E-state index in [1.54, 1.807) is 13.8 Å². The maximum Gasteiger partial charge on any atom is 0.325 e. The van der Waals surface area contributed by atoms with Gasteiger partial charge in [-0.15, -0.1) is 0 Å². The van der Waals surface area contributed by atoms with E-state index in [0.29, 0.717) is 13.0 Å². The van der Waals surface area contributed by atoms with Gasteiger partial charge in [-0.3, -0.25) is 14.5 Å². The maximum absolute atomic E-state index is 11.9. The Kier molecular flexibility index (Phi) is 3.02. The van der Waals surface area contributed by atoms with Gasteiger partial charge in [0.25, 0.3) is 5.91 Å². The number of aliphatic hydroxyl groups is 1. The summed E-state index contributed by atoms with van der Waals surface area (Å²) in [5.74, 6) is -0.714. The molecule has 1 unspecified atom stereocenters. The second-order valence-corrected chi connectivity index (χ2v) is 5.23.